The second-order valence-corrected chi connectivity index (χ2v) is 6.21. The molecule has 1 unspecified atom stereocenters. The molecule has 1 aromatic carbocycles. The highest BCUT2D eigenvalue weighted by Crippen LogP contribution is 2.38. The van der Waals surface area contributed by atoms with Gasteiger partial charge in [-0.2, -0.15) is 0 Å². The first kappa shape index (κ1) is 15.8. The van der Waals surface area contributed by atoms with Crippen LogP contribution >= 0.6 is 11.6 Å². The summed E-state index contributed by atoms with van der Waals surface area (Å²) in [5.74, 6) is 0.595. The van der Waals surface area contributed by atoms with Gasteiger partial charge in [-0.1, -0.05) is 50.3 Å². The lowest BCUT2D eigenvalue weighted by molar-refractivity contribution is 0.355. The molecule has 112 valence electrons. The molecule has 1 atom stereocenters. The number of nitrogens with one attached hydrogen (secondary N) is 1. The van der Waals surface area contributed by atoms with Crippen molar-refractivity contribution in [3.05, 3.63) is 34.6 Å². The van der Waals surface area contributed by atoms with Crippen LogP contribution in [0.2, 0.25) is 5.02 Å². The van der Waals surface area contributed by atoms with Crippen LogP contribution in [0.25, 0.3) is 0 Å². The van der Waals surface area contributed by atoms with Gasteiger partial charge in [-0.3, -0.25) is 0 Å². The summed E-state index contributed by atoms with van der Waals surface area (Å²) in [5, 5.41) is 3.97. The molecule has 0 aromatic heterocycles. The van der Waals surface area contributed by atoms with E-state index < -0.39 is 0 Å². The molecule has 0 saturated heterocycles. The summed E-state index contributed by atoms with van der Waals surface area (Å²) in [6.07, 6.45) is 7.55. The lowest BCUT2D eigenvalue weighted by Gasteiger charge is -2.28. The van der Waals surface area contributed by atoms with E-state index in [0.29, 0.717) is 10.9 Å². The van der Waals surface area contributed by atoms with E-state index in [0.717, 1.165) is 18.7 Å². The molecule has 1 aromatic rings. The van der Waals surface area contributed by atoms with Crippen LogP contribution < -0.4 is 5.32 Å². The molecule has 1 aliphatic rings. The summed E-state index contributed by atoms with van der Waals surface area (Å²) in [5.41, 5.74) is 0.724. The third-order valence-corrected chi connectivity index (χ3v) is 4.78. The SMILES string of the molecule is CCNCC(c1c(F)cccc1Cl)C1CCCCCC1. The zero-order valence-corrected chi connectivity index (χ0v) is 13.1. The van der Waals surface area contributed by atoms with Gasteiger partial charge in [-0.05, 0) is 37.4 Å². The van der Waals surface area contributed by atoms with Crippen molar-refractivity contribution in [2.75, 3.05) is 13.1 Å². The number of hydrogen-bond acceptors (Lipinski definition) is 1. The Morgan fingerprint density at radius 3 is 2.55 bits per heavy atom. The summed E-state index contributed by atoms with van der Waals surface area (Å²) in [6, 6.07) is 5.05. The second kappa shape index (κ2) is 7.99. The standard InChI is InChI=1S/C17H25ClFN/c1-2-20-12-14(13-8-5-3-4-6-9-13)17-15(18)10-7-11-16(17)19/h7,10-11,13-14,20H,2-6,8-9,12H2,1H3. The Hall–Kier alpha value is -0.600. The lowest BCUT2D eigenvalue weighted by Crippen LogP contribution is -2.27. The maximum Gasteiger partial charge on any atom is 0.128 e. The van der Waals surface area contributed by atoms with E-state index in [1.54, 1.807) is 6.07 Å². The van der Waals surface area contributed by atoms with Crippen LogP contribution in [0.3, 0.4) is 0 Å². The molecule has 1 aliphatic carbocycles. The number of likely N-dealkylation sites (N-methyl/N-ethyl adjacent to an activating group) is 1. The highest BCUT2D eigenvalue weighted by atomic mass is 35.5. The van der Waals surface area contributed by atoms with Gasteiger partial charge in [-0.15, -0.1) is 0 Å². The molecular weight excluding hydrogens is 273 g/mol. The monoisotopic (exact) mass is 297 g/mol. The fraction of sp³-hybridized carbons (Fsp3) is 0.647. The van der Waals surface area contributed by atoms with Gasteiger partial charge in [0.2, 0.25) is 0 Å². The van der Waals surface area contributed by atoms with E-state index in [2.05, 4.69) is 12.2 Å². The number of halogens is 2. The van der Waals surface area contributed by atoms with E-state index in [1.165, 1.54) is 44.6 Å². The van der Waals surface area contributed by atoms with Crippen LogP contribution in [-0.4, -0.2) is 13.1 Å². The molecule has 0 heterocycles. The molecule has 1 saturated carbocycles. The van der Waals surface area contributed by atoms with E-state index in [4.69, 9.17) is 11.6 Å². The average Bonchev–Trinajstić information content (AvgIpc) is 2.71. The second-order valence-electron chi connectivity index (χ2n) is 5.80. The molecule has 2 rings (SSSR count). The van der Waals surface area contributed by atoms with Crippen LogP contribution in [0, 0.1) is 11.7 Å². The van der Waals surface area contributed by atoms with Crippen molar-refractivity contribution in [2.24, 2.45) is 5.92 Å². The zero-order valence-electron chi connectivity index (χ0n) is 12.3. The van der Waals surface area contributed by atoms with Gasteiger partial charge < -0.3 is 5.32 Å². The van der Waals surface area contributed by atoms with E-state index in [9.17, 15) is 4.39 Å². The minimum atomic E-state index is -0.148. The fourth-order valence-electron chi connectivity index (χ4n) is 3.38. The largest absolute Gasteiger partial charge is 0.316 e. The quantitative estimate of drug-likeness (QED) is 0.742. The van der Waals surface area contributed by atoms with Crippen molar-refractivity contribution in [1.82, 2.24) is 5.32 Å². The van der Waals surface area contributed by atoms with Gasteiger partial charge in [0.15, 0.2) is 0 Å². The molecule has 0 spiro atoms. The van der Waals surface area contributed by atoms with Gasteiger partial charge in [0.05, 0.1) is 0 Å². The van der Waals surface area contributed by atoms with Crippen LogP contribution in [0.15, 0.2) is 18.2 Å². The Labute approximate surface area is 126 Å². The van der Waals surface area contributed by atoms with Crippen molar-refractivity contribution >= 4 is 11.6 Å². The maximum absolute atomic E-state index is 14.3. The third-order valence-electron chi connectivity index (χ3n) is 4.45. The zero-order chi connectivity index (χ0) is 14.4. The Morgan fingerprint density at radius 2 is 1.95 bits per heavy atom. The van der Waals surface area contributed by atoms with Gasteiger partial charge in [0.25, 0.3) is 0 Å². The predicted octanol–water partition coefficient (Wildman–Crippen LogP) is 5.14. The fourth-order valence-corrected chi connectivity index (χ4v) is 3.69. The molecular formula is C17H25ClFN. The summed E-state index contributed by atoms with van der Waals surface area (Å²) in [4.78, 5) is 0. The van der Waals surface area contributed by atoms with Crippen LogP contribution in [-0.2, 0) is 0 Å². The predicted molar refractivity (Wildman–Crippen MR) is 83.9 cm³/mol. The van der Waals surface area contributed by atoms with Crippen molar-refractivity contribution in [1.29, 1.82) is 0 Å². The molecule has 0 bridgehead atoms. The maximum atomic E-state index is 14.3. The van der Waals surface area contributed by atoms with E-state index >= 15 is 0 Å². The molecule has 20 heavy (non-hydrogen) atoms. The number of hydrogen-bond donors (Lipinski definition) is 1. The molecule has 1 fully saturated rings. The van der Waals surface area contributed by atoms with Gasteiger partial charge in [0.1, 0.15) is 5.82 Å². The minimum absolute atomic E-state index is 0.148. The van der Waals surface area contributed by atoms with Crippen molar-refractivity contribution in [2.45, 2.75) is 51.4 Å². The summed E-state index contributed by atoms with van der Waals surface area (Å²) in [7, 11) is 0. The Kier molecular flexibility index (Phi) is 6.31. The van der Waals surface area contributed by atoms with Crippen molar-refractivity contribution in [3.63, 3.8) is 0 Å². The molecule has 0 radical (unpaired) electrons. The molecule has 0 amide bonds. The summed E-state index contributed by atoms with van der Waals surface area (Å²) in [6.45, 7) is 3.82. The Balaban J connectivity index is 2.25. The Morgan fingerprint density at radius 1 is 1.25 bits per heavy atom. The smallest absolute Gasteiger partial charge is 0.128 e. The summed E-state index contributed by atoms with van der Waals surface area (Å²) < 4.78 is 14.3. The molecule has 1 nitrogen and oxygen atoms in total. The van der Waals surface area contributed by atoms with Gasteiger partial charge in [0, 0.05) is 23.0 Å². The normalized spacial score (nSPS) is 18.8. The molecule has 3 heteroatoms. The Bertz CT molecular complexity index is 393. The first-order valence-electron chi connectivity index (χ1n) is 7.88. The first-order chi connectivity index (χ1) is 9.74. The van der Waals surface area contributed by atoms with Crippen LogP contribution in [0.1, 0.15) is 56.9 Å². The number of rotatable bonds is 5. The molecule has 1 N–H and O–H groups in total. The first-order valence-corrected chi connectivity index (χ1v) is 8.26. The highest BCUT2D eigenvalue weighted by molar-refractivity contribution is 6.31. The lowest BCUT2D eigenvalue weighted by atomic mass is 9.81. The topological polar surface area (TPSA) is 12.0 Å². The highest BCUT2D eigenvalue weighted by Gasteiger charge is 2.27. The van der Waals surface area contributed by atoms with E-state index in [-0.39, 0.29) is 11.7 Å². The number of benzene rings is 1. The summed E-state index contributed by atoms with van der Waals surface area (Å²) >= 11 is 6.30. The molecule has 0 aliphatic heterocycles. The van der Waals surface area contributed by atoms with Crippen LogP contribution in [0.4, 0.5) is 4.39 Å². The minimum Gasteiger partial charge on any atom is -0.316 e. The van der Waals surface area contributed by atoms with Gasteiger partial charge >= 0.3 is 0 Å². The van der Waals surface area contributed by atoms with Crippen molar-refractivity contribution in [3.8, 4) is 0 Å². The van der Waals surface area contributed by atoms with E-state index in [1.807, 2.05) is 6.07 Å². The van der Waals surface area contributed by atoms with Gasteiger partial charge in [-0.25, -0.2) is 4.39 Å². The van der Waals surface area contributed by atoms with Crippen molar-refractivity contribution < 1.29 is 4.39 Å². The van der Waals surface area contributed by atoms with Crippen LogP contribution in [0.5, 0.6) is 0 Å². The third kappa shape index (κ3) is 3.95. The average molecular weight is 298 g/mol.